The van der Waals surface area contributed by atoms with Crippen LogP contribution in [0.2, 0.25) is 0 Å². The Morgan fingerprint density at radius 1 is 1.44 bits per heavy atom. The van der Waals surface area contributed by atoms with E-state index >= 15 is 0 Å². The predicted molar refractivity (Wildman–Crippen MR) is 80.1 cm³/mol. The molecule has 1 N–H and O–H groups in total. The highest BCUT2D eigenvalue weighted by atomic mass is 79.9. The van der Waals surface area contributed by atoms with Crippen molar-refractivity contribution in [3.05, 3.63) is 33.7 Å². The van der Waals surface area contributed by atoms with Crippen molar-refractivity contribution in [2.24, 2.45) is 0 Å². The SMILES string of the molecule is CC(C)NCc1ccc(Br)cc1Sc1nncs1. The number of rotatable bonds is 5. The first-order valence-electron chi connectivity index (χ1n) is 5.61. The molecule has 0 saturated carbocycles. The highest BCUT2D eigenvalue weighted by Gasteiger charge is 2.08. The lowest BCUT2D eigenvalue weighted by atomic mass is 10.2. The van der Waals surface area contributed by atoms with Crippen LogP contribution in [0.5, 0.6) is 0 Å². The monoisotopic (exact) mass is 343 g/mol. The van der Waals surface area contributed by atoms with Crippen molar-refractivity contribution in [1.82, 2.24) is 15.5 Å². The first-order valence-corrected chi connectivity index (χ1v) is 8.10. The van der Waals surface area contributed by atoms with Gasteiger partial charge in [-0.1, -0.05) is 58.9 Å². The summed E-state index contributed by atoms with van der Waals surface area (Å²) in [6.45, 7) is 5.17. The van der Waals surface area contributed by atoms with Gasteiger partial charge in [0.2, 0.25) is 0 Å². The van der Waals surface area contributed by atoms with Gasteiger partial charge in [-0.15, -0.1) is 10.2 Å². The van der Waals surface area contributed by atoms with Crippen molar-refractivity contribution in [1.29, 1.82) is 0 Å². The molecule has 0 aliphatic heterocycles. The maximum atomic E-state index is 4.07. The molecule has 96 valence electrons. The van der Waals surface area contributed by atoms with Gasteiger partial charge < -0.3 is 5.32 Å². The van der Waals surface area contributed by atoms with Crippen molar-refractivity contribution in [2.75, 3.05) is 0 Å². The van der Waals surface area contributed by atoms with E-state index < -0.39 is 0 Å². The van der Waals surface area contributed by atoms with Gasteiger partial charge in [0.05, 0.1) is 0 Å². The van der Waals surface area contributed by atoms with Gasteiger partial charge in [-0.2, -0.15) is 0 Å². The van der Waals surface area contributed by atoms with Gasteiger partial charge in [-0.25, -0.2) is 0 Å². The maximum Gasteiger partial charge on any atom is 0.178 e. The molecule has 0 amide bonds. The van der Waals surface area contributed by atoms with Gasteiger partial charge in [-0.3, -0.25) is 0 Å². The summed E-state index contributed by atoms with van der Waals surface area (Å²) in [6, 6.07) is 6.82. The van der Waals surface area contributed by atoms with Crippen LogP contribution in [-0.4, -0.2) is 16.2 Å². The molecule has 0 saturated heterocycles. The molecule has 18 heavy (non-hydrogen) atoms. The van der Waals surface area contributed by atoms with Crippen LogP contribution in [0, 0.1) is 0 Å². The van der Waals surface area contributed by atoms with E-state index in [1.807, 2.05) is 0 Å². The lowest BCUT2D eigenvalue weighted by Crippen LogP contribution is -2.22. The Balaban J connectivity index is 2.17. The molecule has 1 heterocycles. The summed E-state index contributed by atoms with van der Waals surface area (Å²) >= 11 is 6.74. The zero-order valence-electron chi connectivity index (χ0n) is 10.2. The van der Waals surface area contributed by atoms with Gasteiger partial charge in [0.1, 0.15) is 5.51 Å². The summed E-state index contributed by atoms with van der Waals surface area (Å²) in [6.07, 6.45) is 0. The maximum absolute atomic E-state index is 4.07. The fourth-order valence-electron chi connectivity index (χ4n) is 1.38. The topological polar surface area (TPSA) is 37.8 Å². The molecule has 1 aromatic heterocycles. The summed E-state index contributed by atoms with van der Waals surface area (Å²) in [5.74, 6) is 0. The average molecular weight is 344 g/mol. The van der Waals surface area contributed by atoms with Crippen molar-refractivity contribution < 1.29 is 0 Å². The minimum Gasteiger partial charge on any atom is -0.310 e. The molecule has 0 aliphatic carbocycles. The molecular formula is C12H14BrN3S2. The van der Waals surface area contributed by atoms with Gasteiger partial charge >= 0.3 is 0 Å². The molecular weight excluding hydrogens is 330 g/mol. The van der Waals surface area contributed by atoms with Gasteiger partial charge in [-0.05, 0) is 17.7 Å². The highest BCUT2D eigenvalue weighted by molar-refractivity contribution is 9.10. The van der Waals surface area contributed by atoms with Crippen LogP contribution in [0.15, 0.2) is 37.4 Å². The van der Waals surface area contributed by atoms with Crippen LogP contribution in [-0.2, 0) is 6.54 Å². The Hall–Kier alpha value is -0.430. The molecule has 0 radical (unpaired) electrons. The number of hydrogen-bond acceptors (Lipinski definition) is 5. The number of aromatic nitrogens is 2. The molecule has 0 fully saturated rings. The largest absolute Gasteiger partial charge is 0.310 e. The molecule has 0 aliphatic rings. The Morgan fingerprint density at radius 3 is 2.94 bits per heavy atom. The summed E-state index contributed by atoms with van der Waals surface area (Å²) in [4.78, 5) is 1.22. The fraction of sp³-hybridized carbons (Fsp3) is 0.333. The summed E-state index contributed by atoms with van der Waals surface area (Å²) in [7, 11) is 0. The minimum absolute atomic E-state index is 0.480. The number of nitrogens with zero attached hydrogens (tertiary/aromatic N) is 2. The van der Waals surface area contributed by atoms with Crippen LogP contribution in [0.1, 0.15) is 19.4 Å². The van der Waals surface area contributed by atoms with Crippen LogP contribution in [0.25, 0.3) is 0 Å². The van der Waals surface area contributed by atoms with Gasteiger partial charge in [0, 0.05) is 22.0 Å². The molecule has 0 spiro atoms. The van der Waals surface area contributed by atoms with Gasteiger partial charge in [0.25, 0.3) is 0 Å². The van der Waals surface area contributed by atoms with Crippen molar-refractivity contribution >= 4 is 39.0 Å². The second-order valence-corrected chi connectivity index (χ2v) is 7.13. The average Bonchev–Trinajstić information content (AvgIpc) is 2.80. The van der Waals surface area contributed by atoms with Crippen molar-refractivity contribution in [3.63, 3.8) is 0 Å². The number of hydrogen-bond donors (Lipinski definition) is 1. The Kier molecular flexibility index (Phi) is 5.17. The van der Waals surface area contributed by atoms with E-state index in [2.05, 4.69) is 63.5 Å². The zero-order chi connectivity index (χ0) is 13.0. The first kappa shape index (κ1) is 14.0. The number of benzene rings is 1. The second-order valence-electron chi connectivity index (χ2n) is 4.09. The molecule has 0 bridgehead atoms. The molecule has 3 nitrogen and oxygen atoms in total. The van der Waals surface area contributed by atoms with Crippen LogP contribution in [0.3, 0.4) is 0 Å². The smallest absolute Gasteiger partial charge is 0.178 e. The van der Waals surface area contributed by atoms with E-state index in [9.17, 15) is 0 Å². The summed E-state index contributed by atoms with van der Waals surface area (Å²) in [5, 5.41) is 11.4. The minimum atomic E-state index is 0.480. The van der Waals surface area contributed by atoms with Crippen molar-refractivity contribution in [3.8, 4) is 0 Å². The molecule has 0 atom stereocenters. The Bertz CT molecular complexity index is 500. The van der Waals surface area contributed by atoms with E-state index in [0.29, 0.717) is 6.04 Å². The summed E-state index contributed by atoms with van der Waals surface area (Å²) < 4.78 is 2.06. The number of nitrogens with one attached hydrogen (secondary N) is 1. The van der Waals surface area contributed by atoms with Crippen LogP contribution in [0.4, 0.5) is 0 Å². The lowest BCUT2D eigenvalue weighted by molar-refractivity contribution is 0.584. The zero-order valence-corrected chi connectivity index (χ0v) is 13.4. The van der Waals surface area contributed by atoms with E-state index in [4.69, 9.17) is 0 Å². The van der Waals surface area contributed by atoms with E-state index in [1.54, 1.807) is 28.6 Å². The van der Waals surface area contributed by atoms with Crippen molar-refractivity contribution in [2.45, 2.75) is 35.7 Å². The Morgan fingerprint density at radius 2 is 2.28 bits per heavy atom. The molecule has 6 heteroatoms. The van der Waals surface area contributed by atoms with Gasteiger partial charge in [0.15, 0.2) is 4.34 Å². The first-order chi connectivity index (χ1) is 8.65. The number of halogens is 1. The highest BCUT2D eigenvalue weighted by Crippen LogP contribution is 2.33. The standard InChI is InChI=1S/C12H14BrN3S2/c1-8(2)14-6-9-3-4-10(13)5-11(9)18-12-16-15-7-17-12/h3-5,7-8,14H,6H2,1-2H3. The molecule has 0 unspecified atom stereocenters. The molecule has 2 aromatic rings. The van der Waals surface area contributed by atoms with E-state index in [-0.39, 0.29) is 0 Å². The third kappa shape index (κ3) is 4.05. The molecule has 1 aromatic carbocycles. The third-order valence-electron chi connectivity index (χ3n) is 2.27. The molecule has 2 rings (SSSR count). The second kappa shape index (κ2) is 6.65. The Labute approximate surface area is 124 Å². The quantitative estimate of drug-likeness (QED) is 0.891. The summed E-state index contributed by atoms with van der Waals surface area (Å²) in [5.41, 5.74) is 3.04. The predicted octanol–water partition coefficient (Wildman–Crippen LogP) is 3.95. The van der Waals surface area contributed by atoms with Crippen LogP contribution < -0.4 is 5.32 Å². The fourth-order valence-corrected chi connectivity index (χ4v) is 3.50. The normalized spacial score (nSPS) is 11.1. The van der Waals surface area contributed by atoms with Crippen LogP contribution >= 0.6 is 39.0 Å². The van der Waals surface area contributed by atoms with E-state index in [1.165, 1.54) is 10.5 Å². The lowest BCUT2D eigenvalue weighted by Gasteiger charge is -2.11. The third-order valence-corrected chi connectivity index (χ3v) is 4.64. The van der Waals surface area contributed by atoms with E-state index in [0.717, 1.165) is 15.4 Å².